The Balaban J connectivity index is 2.37. The minimum absolute atomic E-state index is 0.147. The number of ether oxygens (including phenoxy) is 1. The van der Waals surface area contributed by atoms with Gasteiger partial charge < -0.3 is 14.6 Å². The zero-order chi connectivity index (χ0) is 9.68. The van der Waals surface area contributed by atoms with Crippen molar-refractivity contribution in [1.82, 2.24) is 0 Å². The third-order valence-electron chi connectivity index (χ3n) is 1.40. The van der Waals surface area contributed by atoms with E-state index < -0.39 is 12.6 Å². The monoisotopic (exact) mass is 183 g/mol. The van der Waals surface area contributed by atoms with Crippen molar-refractivity contribution in [3.05, 3.63) is 35.6 Å². The molecular formula is C9H8FO3-. The van der Waals surface area contributed by atoms with Crippen molar-refractivity contribution in [2.24, 2.45) is 0 Å². The molecule has 0 atom stereocenters. The SMILES string of the molecule is O=C([O-])COCc1ccc(F)cc1. The minimum atomic E-state index is -1.26. The van der Waals surface area contributed by atoms with E-state index in [2.05, 4.69) is 0 Å². The Morgan fingerprint density at radius 3 is 2.54 bits per heavy atom. The maximum atomic E-state index is 12.4. The van der Waals surface area contributed by atoms with Gasteiger partial charge in [-0.2, -0.15) is 0 Å². The van der Waals surface area contributed by atoms with Crippen LogP contribution in [-0.4, -0.2) is 12.6 Å². The molecule has 3 nitrogen and oxygen atoms in total. The van der Waals surface area contributed by atoms with Crippen LogP contribution in [0.15, 0.2) is 24.3 Å². The lowest BCUT2D eigenvalue weighted by atomic mass is 10.2. The number of halogens is 1. The smallest absolute Gasteiger partial charge is 0.123 e. The van der Waals surface area contributed by atoms with Gasteiger partial charge in [0.15, 0.2) is 0 Å². The number of carboxylic acid groups (broad SMARTS) is 1. The number of hydrogen-bond acceptors (Lipinski definition) is 3. The lowest BCUT2D eigenvalue weighted by Crippen LogP contribution is -2.27. The van der Waals surface area contributed by atoms with E-state index >= 15 is 0 Å². The molecule has 0 bridgehead atoms. The number of aliphatic carboxylic acids is 1. The molecule has 0 unspecified atom stereocenters. The normalized spacial score (nSPS) is 9.92. The van der Waals surface area contributed by atoms with Crippen LogP contribution in [-0.2, 0) is 16.1 Å². The standard InChI is InChI=1S/C9H9FO3/c10-8-3-1-7(2-4-8)5-13-6-9(11)12/h1-4H,5-6H2,(H,11,12)/p-1. The summed E-state index contributed by atoms with van der Waals surface area (Å²) in [5.74, 6) is -1.59. The van der Waals surface area contributed by atoms with Crippen LogP contribution < -0.4 is 5.11 Å². The highest BCUT2D eigenvalue weighted by atomic mass is 19.1. The molecule has 0 N–H and O–H groups in total. The number of carbonyl (C=O) groups is 1. The van der Waals surface area contributed by atoms with Crippen molar-refractivity contribution >= 4 is 5.97 Å². The van der Waals surface area contributed by atoms with E-state index in [0.29, 0.717) is 0 Å². The minimum Gasteiger partial charge on any atom is -0.548 e. The van der Waals surface area contributed by atoms with Crippen LogP contribution in [0.25, 0.3) is 0 Å². The van der Waals surface area contributed by atoms with E-state index in [1.165, 1.54) is 24.3 Å². The second-order valence-corrected chi connectivity index (χ2v) is 2.49. The Bertz CT molecular complexity index is 281. The first-order chi connectivity index (χ1) is 6.18. The second kappa shape index (κ2) is 4.57. The van der Waals surface area contributed by atoms with Crippen LogP contribution in [0.2, 0.25) is 0 Å². The molecular weight excluding hydrogens is 175 g/mol. The van der Waals surface area contributed by atoms with Crippen LogP contribution in [0.4, 0.5) is 4.39 Å². The number of carbonyl (C=O) groups excluding carboxylic acids is 1. The zero-order valence-corrected chi connectivity index (χ0v) is 6.83. The predicted octanol–water partition coefficient (Wildman–Crippen LogP) is 0.0922. The number of benzene rings is 1. The van der Waals surface area contributed by atoms with Gasteiger partial charge in [-0.05, 0) is 17.7 Å². The van der Waals surface area contributed by atoms with Crippen molar-refractivity contribution in [2.75, 3.05) is 6.61 Å². The van der Waals surface area contributed by atoms with Crippen LogP contribution in [0.1, 0.15) is 5.56 Å². The molecule has 0 spiro atoms. The molecule has 0 amide bonds. The van der Waals surface area contributed by atoms with Gasteiger partial charge in [0, 0.05) is 0 Å². The summed E-state index contributed by atoms with van der Waals surface area (Å²) >= 11 is 0. The molecule has 0 aliphatic rings. The number of hydrogen-bond donors (Lipinski definition) is 0. The van der Waals surface area contributed by atoms with Crippen molar-refractivity contribution in [2.45, 2.75) is 6.61 Å². The molecule has 0 saturated carbocycles. The van der Waals surface area contributed by atoms with Gasteiger partial charge in [-0.3, -0.25) is 0 Å². The second-order valence-electron chi connectivity index (χ2n) is 2.49. The Labute approximate surface area is 74.8 Å². The van der Waals surface area contributed by atoms with E-state index in [1.54, 1.807) is 0 Å². The maximum absolute atomic E-state index is 12.4. The summed E-state index contributed by atoms with van der Waals surface area (Å²) < 4.78 is 17.1. The highest BCUT2D eigenvalue weighted by Crippen LogP contribution is 2.03. The Hall–Kier alpha value is -1.42. The largest absolute Gasteiger partial charge is 0.548 e. The van der Waals surface area contributed by atoms with Crippen molar-refractivity contribution in [3.63, 3.8) is 0 Å². The topological polar surface area (TPSA) is 49.4 Å². The fraction of sp³-hybridized carbons (Fsp3) is 0.222. The lowest BCUT2D eigenvalue weighted by Gasteiger charge is -2.04. The van der Waals surface area contributed by atoms with Gasteiger partial charge in [0.05, 0.1) is 19.2 Å². The van der Waals surface area contributed by atoms with E-state index in [9.17, 15) is 14.3 Å². The predicted molar refractivity (Wildman–Crippen MR) is 41.1 cm³/mol. The van der Waals surface area contributed by atoms with Gasteiger partial charge in [-0.15, -0.1) is 0 Å². The number of carboxylic acids is 1. The molecule has 1 aromatic carbocycles. The van der Waals surface area contributed by atoms with Crippen LogP contribution in [0, 0.1) is 5.82 Å². The van der Waals surface area contributed by atoms with Gasteiger partial charge in [0.1, 0.15) is 5.82 Å². The summed E-state index contributed by atoms with van der Waals surface area (Å²) in [6, 6.07) is 5.64. The average Bonchev–Trinajstić information content (AvgIpc) is 2.08. The first kappa shape index (κ1) is 9.67. The summed E-state index contributed by atoms with van der Waals surface area (Å²) in [5, 5.41) is 9.95. The molecule has 70 valence electrons. The quantitative estimate of drug-likeness (QED) is 0.664. The molecule has 0 saturated heterocycles. The first-order valence-electron chi connectivity index (χ1n) is 3.70. The molecule has 13 heavy (non-hydrogen) atoms. The average molecular weight is 183 g/mol. The molecule has 0 heterocycles. The van der Waals surface area contributed by atoms with E-state index in [1.807, 2.05) is 0 Å². The summed E-state index contributed by atoms with van der Waals surface area (Å²) in [7, 11) is 0. The Morgan fingerprint density at radius 2 is 2.00 bits per heavy atom. The fourth-order valence-electron chi connectivity index (χ4n) is 0.833. The van der Waals surface area contributed by atoms with E-state index in [4.69, 9.17) is 4.74 Å². The first-order valence-corrected chi connectivity index (χ1v) is 3.70. The lowest BCUT2D eigenvalue weighted by molar-refractivity contribution is -0.309. The molecule has 0 radical (unpaired) electrons. The number of rotatable bonds is 4. The van der Waals surface area contributed by atoms with Gasteiger partial charge in [-0.25, -0.2) is 4.39 Å². The highest BCUT2D eigenvalue weighted by molar-refractivity contribution is 5.65. The van der Waals surface area contributed by atoms with Crippen molar-refractivity contribution in [3.8, 4) is 0 Å². The molecule has 1 rings (SSSR count). The van der Waals surface area contributed by atoms with Crippen LogP contribution in [0.3, 0.4) is 0 Å². The van der Waals surface area contributed by atoms with Crippen molar-refractivity contribution in [1.29, 1.82) is 0 Å². The van der Waals surface area contributed by atoms with Crippen LogP contribution in [0.5, 0.6) is 0 Å². The molecule has 0 aromatic heterocycles. The maximum Gasteiger partial charge on any atom is 0.123 e. The van der Waals surface area contributed by atoms with Gasteiger partial charge >= 0.3 is 0 Å². The summed E-state index contributed by atoms with van der Waals surface area (Å²) in [6.45, 7) is -0.300. The third kappa shape index (κ3) is 3.66. The zero-order valence-electron chi connectivity index (χ0n) is 6.83. The molecule has 1 aromatic rings. The summed E-state index contributed by atoms with van der Waals surface area (Å²) in [5.41, 5.74) is 0.725. The Kier molecular flexibility index (Phi) is 3.40. The van der Waals surface area contributed by atoms with Gasteiger partial charge in [0.25, 0.3) is 0 Å². The van der Waals surface area contributed by atoms with E-state index in [-0.39, 0.29) is 12.4 Å². The Morgan fingerprint density at radius 1 is 1.38 bits per heavy atom. The molecule has 0 fully saturated rings. The fourth-order valence-corrected chi connectivity index (χ4v) is 0.833. The van der Waals surface area contributed by atoms with Gasteiger partial charge in [0.2, 0.25) is 0 Å². The molecule has 0 aliphatic heterocycles. The third-order valence-corrected chi connectivity index (χ3v) is 1.40. The van der Waals surface area contributed by atoms with E-state index in [0.717, 1.165) is 5.56 Å². The van der Waals surface area contributed by atoms with Crippen molar-refractivity contribution < 1.29 is 19.0 Å². The molecule has 4 heteroatoms. The molecule has 0 aliphatic carbocycles. The van der Waals surface area contributed by atoms with Gasteiger partial charge in [-0.1, -0.05) is 12.1 Å². The van der Waals surface area contributed by atoms with Crippen LogP contribution >= 0.6 is 0 Å². The summed E-state index contributed by atoms with van der Waals surface area (Å²) in [6.07, 6.45) is 0. The highest BCUT2D eigenvalue weighted by Gasteiger charge is 1.93. The summed E-state index contributed by atoms with van der Waals surface area (Å²) in [4.78, 5) is 9.95.